The Morgan fingerprint density at radius 2 is 2.09 bits per heavy atom. The minimum absolute atomic E-state index is 0.0492. The van der Waals surface area contributed by atoms with Gasteiger partial charge in [-0.05, 0) is 5.56 Å². The Bertz CT molecular complexity index is 796. The molecule has 0 aliphatic rings. The molecule has 1 heterocycles. The van der Waals surface area contributed by atoms with Crippen molar-refractivity contribution in [3.63, 3.8) is 0 Å². The van der Waals surface area contributed by atoms with Gasteiger partial charge in [0.2, 0.25) is 5.82 Å². The molecule has 2 rings (SSSR count). The van der Waals surface area contributed by atoms with Crippen molar-refractivity contribution < 1.29 is 4.79 Å². The van der Waals surface area contributed by atoms with Crippen LogP contribution in [0.3, 0.4) is 0 Å². The number of benzene rings is 1. The molecule has 0 radical (unpaired) electrons. The number of nitrogens with zero attached hydrogens (tertiary/aromatic N) is 2. The van der Waals surface area contributed by atoms with Crippen LogP contribution in [0.1, 0.15) is 18.4 Å². The summed E-state index contributed by atoms with van der Waals surface area (Å²) in [5.41, 5.74) is 1.99. The molecule has 1 atom stereocenters. The van der Waals surface area contributed by atoms with E-state index in [0.29, 0.717) is 0 Å². The maximum absolute atomic E-state index is 11.6. The number of hydrogen-bond donors (Lipinski definition) is 4. The first kappa shape index (κ1) is 16.1. The second kappa shape index (κ2) is 7.69. The lowest BCUT2D eigenvalue weighted by atomic mass is 10.0. The first-order chi connectivity index (χ1) is 11.1. The highest BCUT2D eigenvalue weighted by Gasteiger charge is 2.05. The molecule has 120 valence electrons. The van der Waals surface area contributed by atoms with Gasteiger partial charge in [-0.15, -0.1) is 5.10 Å². The molecule has 2 aromatic rings. The molecule has 1 amide bonds. The zero-order valence-corrected chi connectivity index (χ0v) is 12.4. The summed E-state index contributed by atoms with van der Waals surface area (Å²) in [4.78, 5) is 35.8. The highest BCUT2D eigenvalue weighted by atomic mass is 16.2. The summed E-state index contributed by atoms with van der Waals surface area (Å²) >= 11 is 0. The molecule has 0 bridgehead atoms. The molecule has 0 saturated carbocycles. The van der Waals surface area contributed by atoms with Crippen molar-refractivity contribution in [1.82, 2.24) is 20.6 Å². The van der Waals surface area contributed by atoms with Crippen LogP contribution in [-0.4, -0.2) is 33.8 Å². The molecule has 1 aromatic heterocycles. The fourth-order valence-corrected chi connectivity index (χ4v) is 1.73. The van der Waals surface area contributed by atoms with Crippen molar-refractivity contribution >= 4 is 17.9 Å². The van der Waals surface area contributed by atoms with Crippen LogP contribution in [0.25, 0.3) is 0 Å². The van der Waals surface area contributed by atoms with Crippen LogP contribution in [0.15, 0.2) is 45.0 Å². The zero-order valence-electron chi connectivity index (χ0n) is 12.4. The van der Waals surface area contributed by atoms with Gasteiger partial charge in [0.15, 0.2) is 0 Å². The summed E-state index contributed by atoms with van der Waals surface area (Å²) in [7, 11) is 0. The van der Waals surface area contributed by atoms with Crippen LogP contribution in [-0.2, 0) is 4.79 Å². The van der Waals surface area contributed by atoms with Gasteiger partial charge >= 0.3 is 5.69 Å². The smallest absolute Gasteiger partial charge is 0.342 e. The number of nitrogens with one attached hydrogen (secondary N) is 4. The average Bonchev–Trinajstić information content (AvgIpc) is 2.54. The summed E-state index contributed by atoms with van der Waals surface area (Å²) in [5, 5.41) is 11.9. The highest BCUT2D eigenvalue weighted by Crippen LogP contribution is 2.11. The highest BCUT2D eigenvalue weighted by molar-refractivity contribution is 5.81. The average molecular weight is 316 g/mol. The van der Waals surface area contributed by atoms with E-state index in [1.165, 1.54) is 0 Å². The Hall–Kier alpha value is -3.23. The van der Waals surface area contributed by atoms with E-state index in [1.807, 2.05) is 42.2 Å². The lowest BCUT2D eigenvalue weighted by Gasteiger charge is -2.06. The third kappa shape index (κ3) is 4.92. The maximum atomic E-state index is 11.6. The zero-order chi connectivity index (χ0) is 16.7. The summed E-state index contributed by atoms with van der Waals surface area (Å²) in [5.74, 6) is -0.552. The fourth-order valence-electron chi connectivity index (χ4n) is 1.73. The molecule has 0 fully saturated rings. The molecule has 23 heavy (non-hydrogen) atoms. The van der Waals surface area contributed by atoms with Crippen molar-refractivity contribution in [3.8, 4) is 0 Å². The first-order valence-electron chi connectivity index (χ1n) is 6.86. The van der Waals surface area contributed by atoms with Crippen LogP contribution >= 0.6 is 0 Å². The molecular weight excluding hydrogens is 300 g/mol. The summed E-state index contributed by atoms with van der Waals surface area (Å²) in [6, 6.07) is 9.71. The van der Waals surface area contributed by atoms with E-state index < -0.39 is 17.2 Å². The van der Waals surface area contributed by atoms with Crippen LogP contribution in [0, 0.1) is 0 Å². The minimum Gasteiger partial charge on any atom is -0.355 e. The van der Waals surface area contributed by atoms with Crippen molar-refractivity contribution in [2.24, 2.45) is 5.10 Å². The Morgan fingerprint density at radius 3 is 2.78 bits per heavy atom. The number of amides is 1. The lowest BCUT2D eigenvalue weighted by Crippen LogP contribution is -2.31. The molecule has 0 saturated heterocycles. The van der Waals surface area contributed by atoms with Crippen LogP contribution < -0.4 is 22.0 Å². The Balaban J connectivity index is 1.82. The molecule has 0 spiro atoms. The predicted molar refractivity (Wildman–Crippen MR) is 85.5 cm³/mol. The fraction of sp³-hybridized carbons (Fsp3) is 0.214. The third-order valence-electron chi connectivity index (χ3n) is 2.94. The molecule has 9 heteroatoms. The Morgan fingerprint density at radius 1 is 1.35 bits per heavy atom. The monoisotopic (exact) mass is 316 g/mol. The molecule has 4 N–H and O–H groups in total. The molecule has 0 aliphatic carbocycles. The number of carbonyl (C=O) groups is 1. The number of rotatable bonds is 6. The number of aromatic amines is 2. The van der Waals surface area contributed by atoms with E-state index >= 15 is 0 Å². The van der Waals surface area contributed by atoms with Gasteiger partial charge in [0.05, 0.1) is 6.54 Å². The SMILES string of the molecule is C[C@H](/C=N\NC(=O)CNc1n[nH]c(=O)[nH]c1=O)c1ccccc1. The van der Waals surface area contributed by atoms with Crippen molar-refractivity contribution in [2.75, 3.05) is 11.9 Å². The van der Waals surface area contributed by atoms with Crippen LogP contribution in [0.2, 0.25) is 0 Å². The van der Waals surface area contributed by atoms with Gasteiger partial charge in [0.1, 0.15) is 0 Å². The van der Waals surface area contributed by atoms with Gasteiger partial charge in [-0.2, -0.15) is 5.10 Å². The van der Waals surface area contributed by atoms with Crippen molar-refractivity contribution in [2.45, 2.75) is 12.8 Å². The van der Waals surface area contributed by atoms with E-state index in [9.17, 15) is 14.4 Å². The number of carbonyl (C=O) groups excluding carboxylic acids is 1. The molecule has 0 unspecified atom stereocenters. The summed E-state index contributed by atoms with van der Waals surface area (Å²) in [6.07, 6.45) is 1.61. The van der Waals surface area contributed by atoms with Crippen molar-refractivity contribution in [3.05, 3.63) is 56.7 Å². The Kier molecular flexibility index (Phi) is 5.40. The maximum Gasteiger partial charge on any atom is 0.342 e. The van der Waals surface area contributed by atoms with Gasteiger partial charge in [-0.1, -0.05) is 37.3 Å². The normalized spacial score (nSPS) is 12.0. The number of H-pyrrole nitrogens is 2. The van der Waals surface area contributed by atoms with E-state index in [2.05, 4.69) is 26.0 Å². The largest absolute Gasteiger partial charge is 0.355 e. The van der Waals surface area contributed by atoms with E-state index in [0.717, 1.165) is 5.56 Å². The molecule has 9 nitrogen and oxygen atoms in total. The van der Waals surface area contributed by atoms with Crippen LogP contribution in [0.4, 0.5) is 5.82 Å². The third-order valence-corrected chi connectivity index (χ3v) is 2.94. The minimum atomic E-state index is -0.718. The molecule has 1 aromatic carbocycles. The van der Waals surface area contributed by atoms with E-state index in [4.69, 9.17) is 0 Å². The number of hydrazone groups is 1. The first-order valence-corrected chi connectivity index (χ1v) is 6.86. The Labute approximate surface area is 130 Å². The standard InChI is InChI=1S/C14H16N6O3/c1-9(10-5-3-2-4-6-10)7-16-18-11(21)8-15-12-13(22)17-14(23)20-19-12/h2-7,9H,8H2,1H3,(H,15,19)(H,18,21)(H2,17,20,22,23)/b16-7-/t9-/m1/s1. The van der Waals surface area contributed by atoms with Gasteiger partial charge < -0.3 is 5.32 Å². The lowest BCUT2D eigenvalue weighted by molar-refractivity contribution is -0.119. The summed E-state index contributed by atoms with van der Waals surface area (Å²) < 4.78 is 0. The van der Waals surface area contributed by atoms with E-state index in [1.54, 1.807) is 6.21 Å². The van der Waals surface area contributed by atoms with Gasteiger partial charge in [0.25, 0.3) is 11.5 Å². The quantitative estimate of drug-likeness (QED) is 0.432. The molecular formula is C14H16N6O3. The number of hydrogen-bond acceptors (Lipinski definition) is 6. The number of anilines is 1. The predicted octanol–water partition coefficient (Wildman–Crippen LogP) is -0.224. The van der Waals surface area contributed by atoms with E-state index in [-0.39, 0.29) is 18.3 Å². The summed E-state index contributed by atoms with van der Waals surface area (Å²) in [6.45, 7) is 1.74. The van der Waals surface area contributed by atoms with Gasteiger partial charge in [-0.25, -0.2) is 15.3 Å². The van der Waals surface area contributed by atoms with Gasteiger partial charge in [-0.3, -0.25) is 14.6 Å². The second-order valence-electron chi connectivity index (χ2n) is 4.72. The van der Waals surface area contributed by atoms with Crippen LogP contribution in [0.5, 0.6) is 0 Å². The van der Waals surface area contributed by atoms with Crippen molar-refractivity contribution in [1.29, 1.82) is 0 Å². The molecule has 0 aliphatic heterocycles. The number of aromatic nitrogens is 3. The topological polar surface area (TPSA) is 132 Å². The van der Waals surface area contributed by atoms with Gasteiger partial charge in [0, 0.05) is 12.1 Å². The second-order valence-corrected chi connectivity index (χ2v) is 4.72.